The first-order valence-corrected chi connectivity index (χ1v) is 7.14. The normalized spacial score (nSPS) is 12.5. The Morgan fingerprint density at radius 2 is 2.18 bits per heavy atom. The molecule has 0 radical (unpaired) electrons. The van der Waals surface area contributed by atoms with Gasteiger partial charge in [-0.25, -0.2) is 4.98 Å². The molecule has 1 atom stereocenters. The van der Waals surface area contributed by atoms with Crippen LogP contribution in [0.15, 0.2) is 0 Å². The molecule has 0 N–H and O–H groups in total. The van der Waals surface area contributed by atoms with Crippen LogP contribution in [0.2, 0.25) is 0 Å². The number of nitrogens with zero attached hydrogens (tertiary/aromatic N) is 2. The molecule has 1 rings (SSSR count). The van der Waals surface area contributed by atoms with Crippen LogP contribution in [0.4, 0.5) is 5.13 Å². The highest BCUT2D eigenvalue weighted by Crippen LogP contribution is 2.27. The van der Waals surface area contributed by atoms with Crippen molar-refractivity contribution in [2.75, 3.05) is 11.4 Å². The summed E-state index contributed by atoms with van der Waals surface area (Å²) in [7, 11) is 0. The summed E-state index contributed by atoms with van der Waals surface area (Å²) in [6.07, 6.45) is 4.35. The molecular formula is C13H22N2OS. The number of aldehydes is 1. The van der Waals surface area contributed by atoms with Gasteiger partial charge in [0, 0.05) is 12.6 Å². The molecular weight excluding hydrogens is 232 g/mol. The minimum atomic E-state index is 0.478. The van der Waals surface area contributed by atoms with Crippen molar-refractivity contribution in [3.05, 3.63) is 10.6 Å². The van der Waals surface area contributed by atoms with E-state index < -0.39 is 0 Å². The molecule has 1 aromatic rings. The molecule has 1 unspecified atom stereocenters. The van der Waals surface area contributed by atoms with E-state index in [4.69, 9.17) is 0 Å². The third kappa shape index (κ3) is 3.53. The third-order valence-electron chi connectivity index (χ3n) is 3.05. The van der Waals surface area contributed by atoms with Crippen LogP contribution in [0.5, 0.6) is 0 Å². The Morgan fingerprint density at radius 1 is 1.47 bits per heavy atom. The Hall–Kier alpha value is -0.900. The smallest absolute Gasteiger partial charge is 0.186 e. The van der Waals surface area contributed by atoms with Gasteiger partial charge in [-0.2, -0.15) is 0 Å². The van der Waals surface area contributed by atoms with Crippen LogP contribution in [0.3, 0.4) is 0 Å². The number of anilines is 1. The minimum Gasteiger partial charge on any atom is -0.345 e. The first-order chi connectivity index (χ1) is 8.13. The number of rotatable bonds is 7. The zero-order chi connectivity index (χ0) is 12.8. The molecule has 0 saturated heterocycles. The maximum Gasteiger partial charge on any atom is 0.186 e. The van der Waals surface area contributed by atoms with E-state index >= 15 is 0 Å². The van der Waals surface area contributed by atoms with Gasteiger partial charge in [-0.15, -0.1) is 0 Å². The number of aryl methyl sites for hydroxylation is 1. The molecule has 0 aliphatic rings. The number of carbonyl (C=O) groups is 1. The summed E-state index contributed by atoms with van der Waals surface area (Å²) in [5.74, 6) is 0. The molecule has 1 aromatic heterocycles. The average molecular weight is 254 g/mol. The fourth-order valence-electron chi connectivity index (χ4n) is 1.68. The average Bonchev–Trinajstić information content (AvgIpc) is 2.70. The van der Waals surface area contributed by atoms with Crippen LogP contribution >= 0.6 is 11.3 Å². The predicted octanol–water partition coefficient (Wildman–Crippen LogP) is 3.67. The molecule has 1 heterocycles. The number of carbonyl (C=O) groups excluding carboxylic acids is 1. The maximum atomic E-state index is 10.9. The third-order valence-corrected chi connectivity index (χ3v) is 4.17. The van der Waals surface area contributed by atoms with E-state index in [0.717, 1.165) is 35.0 Å². The summed E-state index contributed by atoms with van der Waals surface area (Å²) in [5.41, 5.74) is 0.852. The van der Waals surface area contributed by atoms with E-state index in [-0.39, 0.29) is 0 Å². The van der Waals surface area contributed by atoms with Gasteiger partial charge in [-0.3, -0.25) is 4.79 Å². The number of unbranched alkanes of at least 4 members (excludes halogenated alkanes) is 1. The van der Waals surface area contributed by atoms with E-state index in [1.807, 2.05) is 6.92 Å². The van der Waals surface area contributed by atoms with E-state index in [0.29, 0.717) is 6.04 Å². The van der Waals surface area contributed by atoms with Gasteiger partial charge in [0.1, 0.15) is 0 Å². The van der Waals surface area contributed by atoms with Crippen LogP contribution < -0.4 is 4.90 Å². The fraction of sp³-hybridized carbons (Fsp3) is 0.692. The summed E-state index contributed by atoms with van der Waals surface area (Å²) >= 11 is 1.51. The fourth-order valence-corrected chi connectivity index (χ4v) is 2.69. The van der Waals surface area contributed by atoms with Gasteiger partial charge in [0.05, 0.1) is 10.6 Å². The zero-order valence-electron chi connectivity index (χ0n) is 11.2. The van der Waals surface area contributed by atoms with Gasteiger partial charge in [-0.1, -0.05) is 31.6 Å². The zero-order valence-corrected chi connectivity index (χ0v) is 12.0. The maximum absolute atomic E-state index is 10.9. The highest BCUT2D eigenvalue weighted by Gasteiger charge is 2.17. The van der Waals surface area contributed by atoms with Gasteiger partial charge in [0.2, 0.25) is 0 Å². The Balaban J connectivity index is 2.90. The molecule has 96 valence electrons. The second kappa shape index (κ2) is 6.74. The number of thiazole rings is 1. The predicted molar refractivity (Wildman–Crippen MR) is 74.2 cm³/mol. The summed E-state index contributed by atoms with van der Waals surface area (Å²) in [6.45, 7) is 9.52. The van der Waals surface area contributed by atoms with Crippen molar-refractivity contribution in [3.63, 3.8) is 0 Å². The molecule has 0 amide bonds. The molecule has 4 heteroatoms. The Kier molecular flexibility index (Phi) is 5.62. The molecule has 0 bridgehead atoms. The second-order valence-corrected chi connectivity index (χ2v) is 5.38. The molecule has 17 heavy (non-hydrogen) atoms. The van der Waals surface area contributed by atoms with E-state index in [1.54, 1.807) is 0 Å². The van der Waals surface area contributed by atoms with Crippen molar-refractivity contribution in [1.82, 2.24) is 4.98 Å². The van der Waals surface area contributed by atoms with Crippen molar-refractivity contribution in [2.45, 2.75) is 53.0 Å². The highest BCUT2D eigenvalue weighted by atomic mass is 32.1. The molecule has 0 aromatic carbocycles. The van der Waals surface area contributed by atoms with Crippen LogP contribution in [0, 0.1) is 6.92 Å². The number of hydrogen-bond acceptors (Lipinski definition) is 4. The number of hydrogen-bond donors (Lipinski definition) is 0. The van der Waals surface area contributed by atoms with E-state index in [9.17, 15) is 4.79 Å². The Bertz CT molecular complexity index is 362. The Labute approximate surface area is 108 Å². The van der Waals surface area contributed by atoms with Crippen molar-refractivity contribution >= 4 is 22.8 Å². The Morgan fingerprint density at radius 3 is 2.65 bits per heavy atom. The van der Waals surface area contributed by atoms with Crippen LogP contribution in [-0.4, -0.2) is 23.9 Å². The van der Waals surface area contributed by atoms with Crippen molar-refractivity contribution < 1.29 is 4.79 Å². The monoisotopic (exact) mass is 254 g/mol. The van der Waals surface area contributed by atoms with Gasteiger partial charge in [0.25, 0.3) is 0 Å². The molecule has 3 nitrogen and oxygen atoms in total. The highest BCUT2D eigenvalue weighted by molar-refractivity contribution is 7.17. The summed E-state index contributed by atoms with van der Waals surface area (Å²) in [4.78, 5) is 18.5. The van der Waals surface area contributed by atoms with Gasteiger partial charge < -0.3 is 4.90 Å². The van der Waals surface area contributed by atoms with Crippen molar-refractivity contribution in [2.24, 2.45) is 0 Å². The quantitative estimate of drug-likeness (QED) is 0.696. The van der Waals surface area contributed by atoms with Crippen molar-refractivity contribution in [1.29, 1.82) is 0 Å². The standard InChI is InChI=1S/C13H22N2OS/c1-5-7-8-15(10(3)6-2)13-14-11(4)12(9-16)17-13/h9-10H,5-8H2,1-4H3. The molecule has 0 aliphatic heterocycles. The van der Waals surface area contributed by atoms with E-state index in [1.165, 1.54) is 24.2 Å². The molecule has 0 saturated carbocycles. The van der Waals surface area contributed by atoms with Crippen molar-refractivity contribution in [3.8, 4) is 0 Å². The SMILES string of the molecule is CCCCN(c1nc(C)c(C=O)s1)C(C)CC. The van der Waals surface area contributed by atoms with Gasteiger partial charge in [0.15, 0.2) is 11.4 Å². The summed E-state index contributed by atoms with van der Waals surface area (Å²) < 4.78 is 0. The minimum absolute atomic E-state index is 0.478. The summed E-state index contributed by atoms with van der Waals surface area (Å²) in [6, 6.07) is 0.478. The molecule has 0 aliphatic carbocycles. The first-order valence-electron chi connectivity index (χ1n) is 6.33. The lowest BCUT2D eigenvalue weighted by Crippen LogP contribution is -2.33. The topological polar surface area (TPSA) is 33.2 Å². The van der Waals surface area contributed by atoms with E-state index in [2.05, 4.69) is 30.7 Å². The van der Waals surface area contributed by atoms with Crippen LogP contribution in [-0.2, 0) is 0 Å². The lowest BCUT2D eigenvalue weighted by molar-refractivity contribution is 0.112. The lowest BCUT2D eigenvalue weighted by Gasteiger charge is -2.28. The molecule has 0 spiro atoms. The largest absolute Gasteiger partial charge is 0.345 e. The number of aromatic nitrogens is 1. The second-order valence-electron chi connectivity index (χ2n) is 4.37. The van der Waals surface area contributed by atoms with Crippen LogP contribution in [0.1, 0.15) is 55.4 Å². The lowest BCUT2D eigenvalue weighted by atomic mass is 10.2. The summed E-state index contributed by atoms with van der Waals surface area (Å²) in [5, 5.41) is 0.993. The van der Waals surface area contributed by atoms with Gasteiger partial charge in [-0.05, 0) is 26.7 Å². The van der Waals surface area contributed by atoms with Crippen LogP contribution in [0.25, 0.3) is 0 Å². The van der Waals surface area contributed by atoms with Gasteiger partial charge >= 0.3 is 0 Å². The first kappa shape index (κ1) is 14.2. The molecule has 0 fully saturated rings.